The van der Waals surface area contributed by atoms with Gasteiger partial charge in [-0.2, -0.15) is 26.7 Å². The van der Waals surface area contributed by atoms with E-state index in [1.54, 1.807) is 23.6 Å². The molecule has 2 aliphatic rings. The summed E-state index contributed by atoms with van der Waals surface area (Å²) >= 11 is 1.39. The first-order valence-corrected chi connectivity index (χ1v) is 15.6. The summed E-state index contributed by atoms with van der Waals surface area (Å²) in [7, 11) is 3.94. The molecule has 0 radical (unpaired) electrons. The first-order valence-electron chi connectivity index (χ1n) is 14.8. The largest absolute Gasteiger partial charge is 0.416 e. The Labute approximate surface area is 276 Å². The van der Waals surface area contributed by atoms with Gasteiger partial charge in [0.25, 0.3) is 11.8 Å². The Morgan fingerprint density at radius 3 is 2.52 bits per heavy atom. The van der Waals surface area contributed by atoms with Crippen LogP contribution in [0.2, 0.25) is 0 Å². The zero-order valence-electron chi connectivity index (χ0n) is 25.7. The molecule has 2 aromatic heterocycles. The van der Waals surface area contributed by atoms with E-state index in [0.29, 0.717) is 53.4 Å². The average Bonchev–Trinajstić information content (AvgIpc) is 3.49. The molecule has 1 aliphatic heterocycles. The second kappa shape index (κ2) is 13.6. The third-order valence-electron chi connectivity index (χ3n) is 8.31. The van der Waals surface area contributed by atoms with Crippen LogP contribution in [0.1, 0.15) is 56.7 Å². The molecular formula is C32H36F3N7O2S2. The van der Waals surface area contributed by atoms with E-state index in [4.69, 9.17) is 0 Å². The number of likely N-dealkylation sites (N-methyl/N-ethyl adjacent to an activating group) is 1. The number of rotatable bonds is 9. The lowest BCUT2D eigenvalue weighted by molar-refractivity contribution is -0.138. The van der Waals surface area contributed by atoms with Gasteiger partial charge in [-0.15, -0.1) is 11.3 Å². The van der Waals surface area contributed by atoms with E-state index in [1.807, 2.05) is 25.9 Å². The van der Waals surface area contributed by atoms with Gasteiger partial charge in [0, 0.05) is 54.0 Å². The van der Waals surface area contributed by atoms with E-state index in [2.05, 4.69) is 30.8 Å². The molecule has 2 aromatic carbocycles. The number of alkyl halides is 3. The van der Waals surface area contributed by atoms with Crippen molar-refractivity contribution in [1.82, 2.24) is 19.8 Å². The van der Waals surface area contributed by atoms with Crippen LogP contribution in [0.5, 0.6) is 0 Å². The van der Waals surface area contributed by atoms with E-state index < -0.39 is 17.6 Å². The summed E-state index contributed by atoms with van der Waals surface area (Å²) in [4.78, 5) is 39.2. The lowest BCUT2D eigenvalue weighted by Gasteiger charge is -2.22. The van der Waals surface area contributed by atoms with E-state index in [0.717, 1.165) is 35.6 Å². The van der Waals surface area contributed by atoms with Crippen LogP contribution in [0.15, 0.2) is 48.1 Å². The van der Waals surface area contributed by atoms with Gasteiger partial charge in [-0.1, -0.05) is 12.1 Å². The number of anilines is 3. The lowest BCUT2D eigenvalue weighted by atomic mass is 10.0. The summed E-state index contributed by atoms with van der Waals surface area (Å²) in [6, 6.07) is 9.37. The first-order chi connectivity index (χ1) is 21.5. The third kappa shape index (κ3) is 7.46. The SMILES string of the molecule is Cc1ccc(NC(=O)c2ccc(CN3CC[C@H](N(C)C)C3)c(C(F)(F)F)c2)cc1NC(=O)c1csc2c(NC3CC3)ncnc12.S. The quantitative estimate of drug-likeness (QED) is 0.191. The molecule has 0 bridgehead atoms. The summed E-state index contributed by atoms with van der Waals surface area (Å²) in [6.45, 7) is 3.37. The Kier molecular flexibility index (Phi) is 9.92. The van der Waals surface area contributed by atoms with Crippen LogP contribution in [-0.4, -0.2) is 70.9 Å². The molecule has 9 nitrogen and oxygen atoms in total. The van der Waals surface area contributed by atoms with Crippen molar-refractivity contribution in [2.24, 2.45) is 0 Å². The van der Waals surface area contributed by atoms with E-state index in [-0.39, 0.29) is 37.1 Å². The van der Waals surface area contributed by atoms with Gasteiger partial charge in [0.1, 0.15) is 12.1 Å². The molecule has 2 amide bonds. The number of thiophene rings is 1. The number of carbonyl (C=O) groups excluding carboxylic acids is 2. The minimum Gasteiger partial charge on any atom is -0.366 e. The standard InChI is InChI=1S/C32H34F3N7O2S.H2S/c1-18-4-7-22(13-26(18)40-31(44)24-16-45-28-27(24)36-17-37-29(28)38-21-8-9-21)39-30(43)19-5-6-20(25(12-19)32(33,34)35)14-42-11-10-23(15-42)41(2)3;/h4-7,12-13,16-17,21,23H,8-11,14-15H2,1-3H3,(H,39,43)(H,40,44)(H,36,37,38);1H2/t23-;/m0./s1. The number of hydrogen-bond acceptors (Lipinski definition) is 8. The Hall–Kier alpha value is -3.72. The van der Waals surface area contributed by atoms with Gasteiger partial charge in [0.15, 0.2) is 0 Å². The Balaban J connectivity index is 0.00000417. The number of hydrogen-bond donors (Lipinski definition) is 3. The van der Waals surface area contributed by atoms with E-state index in [1.165, 1.54) is 29.8 Å². The number of aryl methyl sites for hydroxylation is 1. The predicted molar refractivity (Wildman–Crippen MR) is 180 cm³/mol. The maximum absolute atomic E-state index is 14.1. The highest BCUT2D eigenvalue weighted by molar-refractivity contribution is 7.59. The van der Waals surface area contributed by atoms with Crippen LogP contribution in [0.4, 0.5) is 30.4 Å². The summed E-state index contributed by atoms with van der Waals surface area (Å²) in [5.74, 6) is -0.342. The van der Waals surface area contributed by atoms with Crippen molar-refractivity contribution in [2.75, 3.05) is 43.1 Å². The molecule has 4 aromatic rings. The van der Waals surface area contributed by atoms with Gasteiger partial charge in [-0.05, 0) is 75.7 Å². The van der Waals surface area contributed by atoms with Crippen molar-refractivity contribution >= 4 is 64.1 Å². The summed E-state index contributed by atoms with van der Waals surface area (Å²) < 4.78 is 43.1. The van der Waals surface area contributed by atoms with Gasteiger partial charge < -0.3 is 20.9 Å². The number of fused-ring (bicyclic) bond motifs is 1. The molecule has 14 heteroatoms. The molecule has 1 atom stereocenters. The van der Waals surface area contributed by atoms with Crippen LogP contribution in [0.25, 0.3) is 10.2 Å². The molecule has 46 heavy (non-hydrogen) atoms. The molecule has 3 N–H and O–H groups in total. The highest BCUT2D eigenvalue weighted by Gasteiger charge is 2.35. The smallest absolute Gasteiger partial charge is 0.366 e. The second-order valence-corrected chi connectivity index (χ2v) is 12.8. The van der Waals surface area contributed by atoms with Gasteiger partial charge in [-0.3, -0.25) is 14.5 Å². The van der Waals surface area contributed by atoms with Gasteiger partial charge in [-0.25, -0.2) is 9.97 Å². The molecule has 0 spiro atoms. The zero-order valence-corrected chi connectivity index (χ0v) is 27.5. The molecule has 2 fully saturated rings. The van der Waals surface area contributed by atoms with Crippen molar-refractivity contribution < 1.29 is 22.8 Å². The highest BCUT2D eigenvalue weighted by Crippen LogP contribution is 2.35. The number of nitrogens with zero attached hydrogens (tertiary/aromatic N) is 4. The van der Waals surface area contributed by atoms with Gasteiger partial charge in [0.05, 0.1) is 21.3 Å². The van der Waals surface area contributed by atoms with Crippen molar-refractivity contribution in [1.29, 1.82) is 0 Å². The van der Waals surface area contributed by atoms with Crippen LogP contribution in [0.3, 0.4) is 0 Å². The molecule has 244 valence electrons. The Morgan fingerprint density at radius 1 is 1.04 bits per heavy atom. The monoisotopic (exact) mass is 671 g/mol. The minimum atomic E-state index is -4.61. The van der Waals surface area contributed by atoms with Crippen LogP contribution in [0, 0.1) is 6.92 Å². The van der Waals surface area contributed by atoms with Crippen LogP contribution < -0.4 is 16.0 Å². The van der Waals surface area contributed by atoms with Crippen molar-refractivity contribution in [2.45, 2.75) is 51.0 Å². The third-order valence-corrected chi connectivity index (χ3v) is 9.29. The molecule has 3 heterocycles. The Morgan fingerprint density at radius 2 is 1.83 bits per heavy atom. The van der Waals surface area contributed by atoms with E-state index in [9.17, 15) is 22.8 Å². The fourth-order valence-electron chi connectivity index (χ4n) is 5.50. The topological polar surface area (TPSA) is 102 Å². The molecule has 1 saturated carbocycles. The summed E-state index contributed by atoms with van der Waals surface area (Å²) in [6.07, 6.45) is -0.116. The van der Waals surface area contributed by atoms with Gasteiger partial charge >= 0.3 is 6.18 Å². The molecule has 1 saturated heterocycles. The maximum atomic E-state index is 14.1. The summed E-state index contributed by atoms with van der Waals surface area (Å²) in [5, 5.41) is 10.7. The number of amides is 2. The average molecular weight is 672 g/mol. The Bertz CT molecular complexity index is 1760. The molecule has 0 unspecified atom stereocenters. The first kappa shape index (κ1) is 33.6. The number of likely N-dealkylation sites (tertiary alicyclic amines) is 1. The zero-order chi connectivity index (χ0) is 31.9. The lowest BCUT2D eigenvalue weighted by Crippen LogP contribution is -2.31. The van der Waals surface area contributed by atoms with Crippen LogP contribution >= 0.6 is 24.8 Å². The number of nitrogens with one attached hydrogen (secondary N) is 3. The predicted octanol–water partition coefficient (Wildman–Crippen LogP) is 6.35. The molecular weight excluding hydrogens is 636 g/mol. The normalized spacial score (nSPS) is 16.8. The highest BCUT2D eigenvalue weighted by atomic mass is 32.1. The maximum Gasteiger partial charge on any atom is 0.416 e. The van der Waals surface area contributed by atoms with Crippen molar-refractivity contribution in [3.05, 3.63) is 75.9 Å². The van der Waals surface area contributed by atoms with Gasteiger partial charge in [0.2, 0.25) is 0 Å². The van der Waals surface area contributed by atoms with Crippen LogP contribution in [-0.2, 0) is 12.7 Å². The molecule has 6 rings (SSSR count). The number of halogens is 3. The fraction of sp³-hybridized carbons (Fsp3) is 0.375. The minimum absolute atomic E-state index is 0. The molecule has 1 aliphatic carbocycles. The second-order valence-electron chi connectivity index (χ2n) is 11.9. The fourth-order valence-corrected chi connectivity index (χ4v) is 6.45. The van der Waals surface area contributed by atoms with Crippen molar-refractivity contribution in [3.8, 4) is 0 Å². The van der Waals surface area contributed by atoms with Crippen molar-refractivity contribution in [3.63, 3.8) is 0 Å². The number of benzene rings is 2. The number of carbonyl (C=O) groups is 2. The number of aromatic nitrogens is 2. The van der Waals surface area contributed by atoms with E-state index >= 15 is 0 Å². The summed E-state index contributed by atoms with van der Waals surface area (Å²) in [5.41, 5.74) is 1.69.